The fourth-order valence-corrected chi connectivity index (χ4v) is 1.28. The zero-order valence-electron chi connectivity index (χ0n) is 5.99. The van der Waals surface area contributed by atoms with E-state index in [-0.39, 0.29) is 0 Å². The highest BCUT2D eigenvalue weighted by Crippen LogP contribution is 2.62. The summed E-state index contributed by atoms with van der Waals surface area (Å²) in [6, 6.07) is 0. The zero-order valence-corrected chi connectivity index (χ0v) is 5.99. The standard InChI is InChI=1S/C7H15N/c1-6(2)4-7(6,3)5-8/h4-5,8H2,1-3H3/t7-/m0/s1. The Labute approximate surface area is 51.3 Å². The number of hydrogen-bond acceptors (Lipinski definition) is 1. The summed E-state index contributed by atoms with van der Waals surface area (Å²) in [5.74, 6) is 0. The highest BCUT2D eigenvalue weighted by atomic mass is 14.7. The summed E-state index contributed by atoms with van der Waals surface area (Å²) < 4.78 is 0. The largest absolute Gasteiger partial charge is 0.330 e. The Hall–Kier alpha value is -0.0400. The summed E-state index contributed by atoms with van der Waals surface area (Å²) >= 11 is 0. The highest BCUT2D eigenvalue weighted by Gasteiger charge is 2.55. The van der Waals surface area contributed by atoms with E-state index in [1.54, 1.807) is 0 Å². The SMILES string of the molecule is CC1(C)C[C@@]1(C)CN. The van der Waals surface area contributed by atoms with Crippen LogP contribution in [0.25, 0.3) is 0 Å². The first-order chi connectivity index (χ1) is 3.52. The molecule has 0 aromatic heterocycles. The van der Waals surface area contributed by atoms with Gasteiger partial charge in [-0.3, -0.25) is 0 Å². The molecule has 0 spiro atoms. The van der Waals surface area contributed by atoms with Crippen LogP contribution >= 0.6 is 0 Å². The first-order valence-corrected chi connectivity index (χ1v) is 3.22. The van der Waals surface area contributed by atoms with Crippen LogP contribution in [0.3, 0.4) is 0 Å². The Morgan fingerprint density at radius 1 is 1.38 bits per heavy atom. The molecule has 0 aromatic rings. The Kier molecular flexibility index (Phi) is 0.965. The predicted octanol–water partition coefficient (Wildman–Crippen LogP) is 1.38. The lowest BCUT2D eigenvalue weighted by atomic mass is 9.99. The third kappa shape index (κ3) is 0.576. The molecule has 1 aliphatic carbocycles. The number of rotatable bonds is 1. The van der Waals surface area contributed by atoms with Crippen molar-refractivity contribution in [1.82, 2.24) is 0 Å². The van der Waals surface area contributed by atoms with Crippen LogP contribution in [0.4, 0.5) is 0 Å². The molecule has 0 aliphatic heterocycles. The van der Waals surface area contributed by atoms with Crippen LogP contribution in [-0.2, 0) is 0 Å². The van der Waals surface area contributed by atoms with Crippen molar-refractivity contribution in [2.24, 2.45) is 16.6 Å². The van der Waals surface area contributed by atoms with Gasteiger partial charge in [0.2, 0.25) is 0 Å². The molecule has 0 amide bonds. The van der Waals surface area contributed by atoms with Crippen molar-refractivity contribution in [3.63, 3.8) is 0 Å². The third-order valence-corrected chi connectivity index (χ3v) is 2.79. The molecule has 8 heavy (non-hydrogen) atoms. The molecule has 1 rings (SSSR count). The molecule has 0 saturated heterocycles. The molecular weight excluding hydrogens is 98.1 g/mol. The van der Waals surface area contributed by atoms with E-state index >= 15 is 0 Å². The van der Waals surface area contributed by atoms with E-state index < -0.39 is 0 Å². The lowest BCUT2D eigenvalue weighted by Crippen LogP contribution is -2.16. The summed E-state index contributed by atoms with van der Waals surface area (Å²) in [7, 11) is 0. The quantitative estimate of drug-likeness (QED) is 0.546. The van der Waals surface area contributed by atoms with Gasteiger partial charge in [0.15, 0.2) is 0 Å². The van der Waals surface area contributed by atoms with Crippen molar-refractivity contribution in [3.8, 4) is 0 Å². The van der Waals surface area contributed by atoms with Crippen molar-refractivity contribution >= 4 is 0 Å². The Bertz CT molecular complexity index is 107. The van der Waals surface area contributed by atoms with E-state index in [0.717, 1.165) is 6.54 Å². The molecule has 48 valence electrons. The van der Waals surface area contributed by atoms with Crippen LogP contribution in [0.15, 0.2) is 0 Å². The number of hydrogen-bond donors (Lipinski definition) is 1. The summed E-state index contributed by atoms with van der Waals surface area (Å²) in [6.45, 7) is 7.66. The molecule has 1 fully saturated rings. The molecule has 0 bridgehead atoms. The fraction of sp³-hybridized carbons (Fsp3) is 1.00. The van der Waals surface area contributed by atoms with Crippen molar-refractivity contribution in [2.75, 3.05) is 6.54 Å². The maximum Gasteiger partial charge on any atom is -0.00179 e. The van der Waals surface area contributed by atoms with Crippen LogP contribution < -0.4 is 5.73 Å². The molecule has 0 heterocycles. The van der Waals surface area contributed by atoms with Crippen molar-refractivity contribution in [2.45, 2.75) is 27.2 Å². The van der Waals surface area contributed by atoms with Gasteiger partial charge in [0.1, 0.15) is 0 Å². The smallest absolute Gasteiger partial charge is 0.00179 e. The molecule has 0 radical (unpaired) electrons. The third-order valence-electron chi connectivity index (χ3n) is 2.79. The summed E-state index contributed by atoms with van der Waals surface area (Å²) in [5.41, 5.74) is 6.54. The van der Waals surface area contributed by atoms with E-state index in [2.05, 4.69) is 20.8 Å². The summed E-state index contributed by atoms with van der Waals surface area (Å²) in [6.07, 6.45) is 1.30. The van der Waals surface area contributed by atoms with Gasteiger partial charge in [0.05, 0.1) is 0 Å². The first-order valence-electron chi connectivity index (χ1n) is 3.22. The molecule has 2 N–H and O–H groups in total. The topological polar surface area (TPSA) is 26.0 Å². The van der Waals surface area contributed by atoms with Gasteiger partial charge in [0.25, 0.3) is 0 Å². The normalized spacial score (nSPS) is 42.0. The van der Waals surface area contributed by atoms with Gasteiger partial charge >= 0.3 is 0 Å². The summed E-state index contributed by atoms with van der Waals surface area (Å²) in [5, 5.41) is 0. The minimum absolute atomic E-state index is 0.465. The number of nitrogens with two attached hydrogens (primary N) is 1. The second-order valence-electron chi connectivity index (χ2n) is 3.83. The van der Waals surface area contributed by atoms with Gasteiger partial charge in [-0.15, -0.1) is 0 Å². The Morgan fingerprint density at radius 2 is 1.75 bits per heavy atom. The maximum atomic E-state index is 5.54. The van der Waals surface area contributed by atoms with Crippen LogP contribution in [0.5, 0.6) is 0 Å². The van der Waals surface area contributed by atoms with E-state index in [1.807, 2.05) is 0 Å². The van der Waals surface area contributed by atoms with Crippen LogP contribution in [0.2, 0.25) is 0 Å². The lowest BCUT2D eigenvalue weighted by Gasteiger charge is -2.09. The maximum absolute atomic E-state index is 5.54. The first kappa shape index (κ1) is 6.09. The molecule has 1 heteroatoms. The average molecular weight is 113 g/mol. The van der Waals surface area contributed by atoms with E-state index in [1.165, 1.54) is 6.42 Å². The molecule has 0 aromatic carbocycles. The van der Waals surface area contributed by atoms with Gasteiger partial charge in [0, 0.05) is 0 Å². The van der Waals surface area contributed by atoms with Gasteiger partial charge in [-0.1, -0.05) is 20.8 Å². The molecular formula is C7H15N. The van der Waals surface area contributed by atoms with E-state index in [4.69, 9.17) is 5.73 Å². The molecule has 0 unspecified atom stereocenters. The lowest BCUT2D eigenvalue weighted by molar-refractivity contribution is 0.429. The zero-order chi connectivity index (χ0) is 6.41. The van der Waals surface area contributed by atoms with Gasteiger partial charge in [-0.25, -0.2) is 0 Å². The minimum atomic E-state index is 0.465. The van der Waals surface area contributed by atoms with Gasteiger partial charge in [-0.2, -0.15) is 0 Å². The second kappa shape index (κ2) is 1.27. The van der Waals surface area contributed by atoms with Crippen molar-refractivity contribution in [1.29, 1.82) is 0 Å². The minimum Gasteiger partial charge on any atom is -0.330 e. The van der Waals surface area contributed by atoms with Gasteiger partial charge in [-0.05, 0) is 23.8 Å². The molecule has 1 nitrogen and oxygen atoms in total. The monoisotopic (exact) mass is 113 g/mol. The molecule has 1 aliphatic rings. The van der Waals surface area contributed by atoms with Crippen LogP contribution in [-0.4, -0.2) is 6.54 Å². The van der Waals surface area contributed by atoms with Crippen LogP contribution in [0.1, 0.15) is 27.2 Å². The predicted molar refractivity (Wildman–Crippen MR) is 35.6 cm³/mol. The van der Waals surface area contributed by atoms with Crippen LogP contribution in [0, 0.1) is 10.8 Å². The second-order valence-corrected chi connectivity index (χ2v) is 3.83. The van der Waals surface area contributed by atoms with Gasteiger partial charge < -0.3 is 5.73 Å². The fourth-order valence-electron chi connectivity index (χ4n) is 1.28. The Morgan fingerprint density at radius 3 is 1.75 bits per heavy atom. The van der Waals surface area contributed by atoms with Crippen molar-refractivity contribution in [3.05, 3.63) is 0 Å². The average Bonchev–Trinajstić information content (AvgIpc) is 2.10. The highest BCUT2D eigenvalue weighted by molar-refractivity contribution is 5.06. The molecule has 1 atom stereocenters. The summed E-state index contributed by atoms with van der Waals surface area (Å²) in [4.78, 5) is 0. The van der Waals surface area contributed by atoms with Crippen molar-refractivity contribution < 1.29 is 0 Å². The van der Waals surface area contributed by atoms with E-state index in [0.29, 0.717) is 10.8 Å². The van der Waals surface area contributed by atoms with E-state index in [9.17, 15) is 0 Å². The Balaban J connectivity index is 2.55. The molecule has 1 saturated carbocycles.